The minimum atomic E-state index is -0.0508. The monoisotopic (exact) mass is 354 g/mol. The Morgan fingerprint density at radius 2 is 2.16 bits per heavy atom. The van der Waals surface area contributed by atoms with Crippen LogP contribution in [0, 0.1) is 0 Å². The lowest BCUT2D eigenvalue weighted by Crippen LogP contribution is -2.28. The van der Waals surface area contributed by atoms with Gasteiger partial charge in [-0.1, -0.05) is 17.7 Å². The first-order chi connectivity index (χ1) is 12.2. The van der Waals surface area contributed by atoms with Gasteiger partial charge < -0.3 is 4.90 Å². The number of pyridine rings is 1. The zero-order valence-corrected chi connectivity index (χ0v) is 14.0. The van der Waals surface area contributed by atoms with Crippen molar-refractivity contribution in [2.75, 3.05) is 13.1 Å². The van der Waals surface area contributed by atoms with E-state index >= 15 is 0 Å². The molecule has 3 aromatic heterocycles. The van der Waals surface area contributed by atoms with E-state index in [2.05, 4.69) is 25.4 Å². The van der Waals surface area contributed by atoms with E-state index in [1.807, 2.05) is 11.0 Å². The van der Waals surface area contributed by atoms with E-state index < -0.39 is 0 Å². The Hall–Kier alpha value is -2.80. The Morgan fingerprint density at radius 3 is 2.92 bits per heavy atom. The third-order valence-electron chi connectivity index (χ3n) is 4.39. The number of carbonyl (C=O) groups is 1. The van der Waals surface area contributed by atoms with E-state index in [9.17, 15) is 4.79 Å². The maximum atomic E-state index is 12.7. The first-order valence-corrected chi connectivity index (χ1v) is 8.32. The molecule has 1 fully saturated rings. The predicted octanol–water partition coefficient (Wildman–Crippen LogP) is 2.54. The summed E-state index contributed by atoms with van der Waals surface area (Å²) >= 11 is 5.84. The number of aromatic amines is 1. The summed E-state index contributed by atoms with van der Waals surface area (Å²) in [5, 5.41) is 15.1. The van der Waals surface area contributed by atoms with E-state index in [1.54, 1.807) is 36.8 Å². The van der Waals surface area contributed by atoms with Gasteiger partial charge in [-0.05, 0) is 30.2 Å². The molecule has 1 saturated heterocycles. The van der Waals surface area contributed by atoms with Crippen LogP contribution >= 0.6 is 11.6 Å². The zero-order chi connectivity index (χ0) is 17.2. The van der Waals surface area contributed by atoms with Crippen molar-refractivity contribution in [2.24, 2.45) is 0 Å². The molecule has 25 heavy (non-hydrogen) atoms. The summed E-state index contributed by atoms with van der Waals surface area (Å²) in [4.78, 5) is 18.7. The number of hydrogen-bond donors (Lipinski definition) is 1. The second kappa shape index (κ2) is 6.60. The lowest BCUT2D eigenvalue weighted by molar-refractivity contribution is 0.0785. The van der Waals surface area contributed by atoms with Crippen LogP contribution in [-0.2, 0) is 0 Å². The molecule has 0 aromatic carbocycles. The highest BCUT2D eigenvalue weighted by molar-refractivity contribution is 6.29. The molecule has 0 radical (unpaired) electrons. The minimum Gasteiger partial charge on any atom is -0.337 e. The number of aromatic nitrogens is 5. The van der Waals surface area contributed by atoms with Crippen LogP contribution in [0.3, 0.4) is 0 Å². The van der Waals surface area contributed by atoms with Crippen molar-refractivity contribution in [1.82, 2.24) is 30.3 Å². The number of nitrogens with one attached hydrogen (secondary N) is 1. The number of H-pyrrole nitrogens is 1. The van der Waals surface area contributed by atoms with Crippen LogP contribution in [0.5, 0.6) is 0 Å². The topological polar surface area (TPSA) is 87.7 Å². The first-order valence-electron chi connectivity index (χ1n) is 7.94. The summed E-state index contributed by atoms with van der Waals surface area (Å²) in [6.07, 6.45) is 5.90. The molecule has 0 bridgehead atoms. The molecule has 7 nitrogen and oxygen atoms in total. The zero-order valence-electron chi connectivity index (χ0n) is 13.3. The van der Waals surface area contributed by atoms with Gasteiger partial charge in [0.15, 0.2) is 0 Å². The van der Waals surface area contributed by atoms with Crippen molar-refractivity contribution in [3.63, 3.8) is 0 Å². The van der Waals surface area contributed by atoms with Crippen LogP contribution in [0.4, 0.5) is 0 Å². The number of rotatable bonds is 3. The van der Waals surface area contributed by atoms with E-state index in [-0.39, 0.29) is 11.8 Å². The highest BCUT2D eigenvalue weighted by Crippen LogP contribution is 2.28. The van der Waals surface area contributed by atoms with Crippen LogP contribution in [0.15, 0.2) is 42.9 Å². The van der Waals surface area contributed by atoms with Gasteiger partial charge in [0.05, 0.1) is 18.1 Å². The summed E-state index contributed by atoms with van der Waals surface area (Å²) in [5.74, 6) is 0.227. The second-order valence-electron chi connectivity index (χ2n) is 5.95. The number of carbonyl (C=O) groups excluding carboxylic acids is 1. The van der Waals surface area contributed by atoms with Gasteiger partial charge in [-0.2, -0.15) is 15.3 Å². The number of hydrogen-bond acceptors (Lipinski definition) is 5. The fourth-order valence-corrected chi connectivity index (χ4v) is 3.15. The summed E-state index contributed by atoms with van der Waals surface area (Å²) in [6.45, 7) is 1.37. The third kappa shape index (κ3) is 3.23. The Morgan fingerprint density at radius 1 is 1.24 bits per heavy atom. The van der Waals surface area contributed by atoms with Gasteiger partial charge >= 0.3 is 0 Å². The molecule has 1 N–H and O–H groups in total. The molecule has 3 aromatic rings. The van der Waals surface area contributed by atoms with Crippen LogP contribution in [-0.4, -0.2) is 49.3 Å². The standard InChI is InChI=1S/C17H15ClN6O/c18-16-2-1-11(8-19-16)13-4-6-24(10-13)17(25)15-7-14(22-23-15)12-3-5-20-21-9-12/h1-3,5,7-9,13H,4,6,10H2,(H,22,23). The second-order valence-corrected chi connectivity index (χ2v) is 6.34. The van der Waals surface area contributed by atoms with E-state index in [0.29, 0.717) is 29.6 Å². The van der Waals surface area contributed by atoms with Crippen molar-refractivity contribution in [1.29, 1.82) is 0 Å². The third-order valence-corrected chi connectivity index (χ3v) is 4.61. The summed E-state index contributed by atoms with van der Waals surface area (Å²) in [7, 11) is 0. The van der Waals surface area contributed by atoms with Gasteiger partial charge in [0.2, 0.25) is 0 Å². The van der Waals surface area contributed by atoms with Gasteiger partial charge in [-0.15, -0.1) is 0 Å². The molecule has 4 heterocycles. The number of halogens is 1. The molecule has 1 amide bonds. The Balaban J connectivity index is 1.47. The fourth-order valence-electron chi connectivity index (χ4n) is 3.04. The molecule has 0 spiro atoms. The largest absolute Gasteiger partial charge is 0.337 e. The Bertz CT molecular complexity index is 880. The van der Waals surface area contributed by atoms with Gasteiger partial charge in [-0.3, -0.25) is 9.89 Å². The highest BCUT2D eigenvalue weighted by Gasteiger charge is 2.29. The van der Waals surface area contributed by atoms with Gasteiger partial charge in [-0.25, -0.2) is 4.98 Å². The molecule has 1 atom stereocenters. The molecular weight excluding hydrogens is 340 g/mol. The van der Waals surface area contributed by atoms with Gasteiger partial charge in [0.1, 0.15) is 10.8 Å². The molecule has 0 aliphatic carbocycles. The van der Waals surface area contributed by atoms with Crippen LogP contribution < -0.4 is 0 Å². The van der Waals surface area contributed by atoms with Gasteiger partial charge in [0.25, 0.3) is 5.91 Å². The maximum absolute atomic E-state index is 12.7. The normalized spacial score (nSPS) is 17.0. The van der Waals surface area contributed by atoms with Crippen LogP contribution in [0.25, 0.3) is 11.3 Å². The van der Waals surface area contributed by atoms with Crippen molar-refractivity contribution >= 4 is 17.5 Å². The Kier molecular flexibility index (Phi) is 4.15. The predicted molar refractivity (Wildman–Crippen MR) is 92.1 cm³/mol. The van der Waals surface area contributed by atoms with Crippen molar-refractivity contribution in [3.05, 3.63) is 59.3 Å². The van der Waals surface area contributed by atoms with E-state index in [1.165, 1.54) is 0 Å². The van der Waals surface area contributed by atoms with Crippen molar-refractivity contribution in [3.8, 4) is 11.3 Å². The van der Waals surface area contributed by atoms with E-state index in [4.69, 9.17) is 11.6 Å². The molecule has 8 heteroatoms. The summed E-state index contributed by atoms with van der Waals surface area (Å²) in [6, 6.07) is 7.30. The lowest BCUT2D eigenvalue weighted by atomic mass is 10.0. The average molecular weight is 355 g/mol. The molecule has 126 valence electrons. The quantitative estimate of drug-likeness (QED) is 0.730. The molecule has 4 rings (SSSR count). The smallest absolute Gasteiger partial charge is 0.271 e. The maximum Gasteiger partial charge on any atom is 0.271 e. The van der Waals surface area contributed by atoms with Crippen molar-refractivity contribution in [2.45, 2.75) is 12.3 Å². The fraction of sp³-hybridized carbons (Fsp3) is 0.235. The minimum absolute atomic E-state index is 0.0508. The van der Waals surface area contributed by atoms with Gasteiger partial charge in [0, 0.05) is 30.8 Å². The average Bonchev–Trinajstić information content (AvgIpc) is 3.33. The van der Waals surface area contributed by atoms with E-state index in [0.717, 1.165) is 17.5 Å². The molecular formula is C17H15ClN6O. The Labute approximate surface area is 149 Å². The SMILES string of the molecule is O=C(c1cc(-c2ccnnc2)n[nH]1)N1CCC(c2ccc(Cl)nc2)C1. The van der Waals surface area contributed by atoms with Crippen LogP contribution in [0.1, 0.15) is 28.4 Å². The molecule has 0 saturated carbocycles. The first kappa shape index (κ1) is 15.7. The summed E-state index contributed by atoms with van der Waals surface area (Å²) < 4.78 is 0. The molecule has 1 unspecified atom stereocenters. The summed E-state index contributed by atoms with van der Waals surface area (Å²) in [5.41, 5.74) is 3.07. The number of likely N-dealkylation sites (tertiary alicyclic amines) is 1. The lowest BCUT2D eigenvalue weighted by Gasteiger charge is -2.15. The van der Waals surface area contributed by atoms with Crippen LogP contribution in [0.2, 0.25) is 5.15 Å². The number of nitrogens with zero attached hydrogens (tertiary/aromatic N) is 5. The number of amides is 1. The molecule has 1 aliphatic heterocycles. The highest BCUT2D eigenvalue weighted by atomic mass is 35.5. The van der Waals surface area contributed by atoms with Crippen molar-refractivity contribution < 1.29 is 4.79 Å². The molecule has 1 aliphatic rings.